The van der Waals surface area contributed by atoms with Crippen molar-refractivity contribution in [2.45, 2.75) is 19.9 Å². The van der Waals surface area contributed by atoms with E-state index in [4.69, 9.17) is 5.26 Å². The van der Waals surface area contributed by atoms with E-state index in [1.54, 1.807) is 0 Å². The summed E-state index contributed by atoms with van der Waals surface area (Å²) in [5, 5.41) is 9.10. The lowest BCUT2D eigenvalue weighted by Gasteiger charge is -2.11. The van der Waals surface area contributed by atoms with Gasteiger partial charge in [0.1, 0.15) is 11.6 Å². The van der Waals surface area contributed by atoms with Gasteiger partial charge in [0.15, 0.2) is 0 Å². The number of aromatic nitrogens is 1. The Kier molecular flexibility index (Phi) is 3.12. The first-order valence-corrected chi connectivity index (χ1v) is 6.14. The third kappa shape index (κ3) is 2.02. The Balaban J connectivity index is 2.76. The van der Waals surface area contributed by atoms with Crippen LogP contribution < -0.4 is 4.74 Å². The first-order valence-electron chi connectivity index (χ1n) is 5.36. The van der Waals surface area contributed by atoms with Crippen LogP contribution in [0.3, 0.4) is 0 Å². The largest absolute Gasteiger partial charge is 0.290 e. The normalized spacial score (nSPS) is 10.5. The molecule has 0 bridgehead atoms. The lowest BCUT2D eigenvalue weighted by Crippen LogP contribution is -2.00. The van der Waals surface area contributed by atoms with Crippen LogP contribution in [0.1, 0.15) is 25.5 Å². The fourth-order valence-electron chi connectivity index (χ4n) is 1.72. The molecule has 3 nitrogen and oxygen atoms in total. The van der Waals surface area contributed by atoms with Crippen molar-refractivity contribution in [3.63, 3.8) is 0 Å². The van der Waals surface area contributed by atoms with Crippen molar-refractivity contribution in [3.8, 4) is 17.3 Å². The molecule has 0 spiro atoms. The first kappa shape index (κ1) is 11.6. The standard InChI is InChI=1S/C13H12N2OS/c1-9(2)15-12(10-6-4-3-5-7-10)11(8-14)13(16)17-15/h3-7,9H,1-2H3. The SMILES string of the molecule is CC(C)n1sc(=O)c(C#N)c1-c1ccccc1. The Morgan fingerprint density at radius 3 is 2.47 bits per heavy atom. The summed E-state index contributed by atoms with van der Waals surface area (Å²) in [6, 6.07) is 11.8. The Morgan fingerprint density at radius 2 is 1.94 bits per heavy atom. The number of nitrogens with zero attached hydrogens (tertiary/aromatic N) is 2. The van der Waals surface area contributed by atoms with Crippen molar-refractivity contribution in [1.29, 1.82) is 5.26 Å². The van der Waals surface area contributed by atoms with E-state index in [1.807, 2.05) is 54.2 Å². The molecule has 0 saturated heterocycles. The number of hydrogen-bond donors (Lipinski definition) is 0. The maximum absolute atomic E-state index is 11.7. The Hall–Kier alpha value is -1.86. The average molecular weight is 244 g/mol. The summed E-state index contributed by atoms with van der Waals surface area (Å²) in [6.45, 7) is 4.01. The molecular weight excluding hydrogens is 232 g/mol. The molecule has 0 aliphatic rings. The van der Waals surface area contributed by atoms with Crippen LogP contribution in [0.2, 0.25) is 0 Å². The van der Waals surface area contributed by atoms with Gasteiger partial charge in [0.25, 0.3) is 4.74 Å². The topological polar surface area (TPSA) is 45.8 Å². The van der Waals surface area contributed by atoms with Gasteiger partial charge in [-0.05, 0) is 25.4 Å². The van der Waals surface area contributed by atoms with Gasteiger partial charge >= 0.3 is 0 Å². The molecule has 0 aliphatic carbocycles. The Bertz CT molecular complexity index is 617. The number of benzene rings is 1. The van der Waals surface area contributed by atoms with Crippen molar-refractivity contribution >= 4 is 11.5 Å². The zero-order chi connectivity index (χ0) is 12.4. The fraction of sp³-hybridized carbons (Fsp3) is 0.231. The van der Waals surface area contributed by atoms with E-state index in [2.05, 4.69) is 0 Å². The molecule has 0 N–H and O–H groups in total. The molecule has 1 heterocycles. The van der Waals surface area contributed by atoms with Gasteiger partial charge < -0.3 is 0 Å². The summed E-state index contributed by atoms with van der Waals surface area (Å²) in [5.41, 5.74) is 1.89. The maximum Gasteiger partial charge on any atom is 0.268 e. The molecule has 86 valence electrons. The number of rotatable bonds is 2. The molecule has 0 radical (unpaired) electrons. The van der Waals surface area contributed by atoms with Gasteiger partial charge in [-0.15, -0.1) is 0 Å². The highest BCUT2D eigenvalue weighted by molar-refractivity contribution is 7.04. The predicted molar refractivity (Wildman–Crippen MR) is 69.1 cm³/mol. The third-order valence-electron chi connectivity index (χ3n) is 2.47. The first-order chi connectivity index (χ1) is 8.15. The number of hydrogen-bond acceptors (Lipinski definition) is 3. The van der Waals surface area contributed by atoms with E-state index in [9.17, 15) is 4.79 Å². The van der Waals surface area contributed by atoms with E-state index in [1.165, 1.54) is 0 Å². The highest BCUT2D eigenvalue weighted by Gasteiger charge is 2.18. The highest BCUT2D eigenvalue weighted by Crippen LogP contribution is 2.27. The zero-order valence-electron chi connectivity index (χ0n) is 9.68. The van der Waals surface area contributed by atoms with Gasteiger partial charge in [0.05, 0.1) is 5.69 Å². The highest BCUT2D eigenvalue weighted by atomic mass is 32.1. The second-order valence-corrected chi connectivity index (χ2v) is 4.95. The van der Waals surface area contributed by atoms with Crippen molar-refractivity contribution < 1.29 is 0 Å². The van der Waals surface area contributed by atoms with Gasteiger partial charge in [-0.1, -0.05) is 30.3 Å². The minimum Gasteiger partial charge on any atom is -0.290 e. The minimum absolute atomic E-state index is 0.167. The smallest absolute Gasteiger partial charge is 0.268 e. The van der Waals surface area contributed by atoms with Gasteiger partial charge in [0, 0.05) is 11.6 Å². The summed E-state index contributed by atoms with van der Waals surface area (Å²) in [7, 11) is 0. The van der Waals surface area contributed by atoms with Crippen LogP contribution in [-0.4, -0.2) is 3.96 Å². The molecule has 1 aromatic carbocycles. The summed E-state index contributed by atoms with van der Waals surface area (Å²) in [4.78, 5) is 11.7. The molecule has 0 atom stereocenters. The van der Waals surface area contributed by atoms with Crippen molar-refractivity contribution in [2.75, 3.05) is 0 Å². The van der Waals surface area contributed by atoms with Crippen molar-refractivity contribution in [3.05, 3.63) is 45.4 Å². The molecule has 0 amide bonds. The molecule has 2 aromatic rings. The van der Waals surface area contributed by atoms with Crippen LogP contribution in [0.5, 0.6) is 0 Å². The molecule has 1 aromatic heterocycles. The average Bonchev–Trinajstić information content (AvgIpc) is 2.67. The molecule has 0 unspecified atom stereocenters. The van der Waals surface area contributed by atoms with E-state index in [0.29, 0.717) is 0 Å². The molecule has 17 heavy (non-hydrogen) atoms. The van der Waals surface area contributed by atoms with Crippen LogP contribution in [-0.2, 0) is 0 Å². The molecule has 0 saturated carbocycles. The van der Waals surface area contributed by atoms with Gasteiger partial charge in [-0.2, -0.15) is 5.26 Å². The molecule has 2 rings (SSSR count). The monoisotopic (exact) mass is 244 g/mol. The summed E-state index contributed by atoms with van der Waals surface area (Å²) in [5.74, 6) is 0. The van der Waals surface area contributed by atoms with Gasteiger partial charge in [-0.3, -0.25) is 8.75 Å². The third-order valence-corrected chi connectivity index (χ3v) is 3.64. The summed E-state index contributed by atoms with van der Waals surface area (Å²) >= 11 is 1.11. The molecular formula is C13H12N2OS. The lowest BCUT2D eigenvalue weighted by atomic mass is 10.1. The van der Waals surface area contributed by atoms with Crippen LogP contribution in [0.25, 0.3) is 11.3 Å². The van der Waals surface area contributed by atoms with Crippen molar-refractivity contribution in [1.82, 2.24) is 3.96 Å². The fourth-order valence-corrected chi connectivity index (χ4v) is 2.63. The van der Waals surface area contributed by atoms with Crippen LogP contribution in [0.15, 0.2) is 35.1 Å². The summed E-state index contributed by atoms with van der Waals surface area (Å²) < 4.78 is 1.73. The quantitative estimate of drug-likeness (QED) is 0.815. The van der Waals surface area contributed by atoms with Crippen LogP contribution in [0.4, 0.5) is 0 Å². The van der Waals surface area contributed by atoms with E-state index in [-0.39, 0.29) is 16.3 Å². The Morgan fingerprint density at radius 1 is 1.29 bits per heavy atom. The minimum atomic E-state index is -0.167. The van der Waals surface area contributed by atoms with Crippen LogP contribution >= 0.6 is 11.5 Å². The molecule has 4 heteroatoms. The number of nitriles is 1. The van der Waals surface area contributed by atoms with E-state index < -0.39 is 0 Å². The Labute approximate surface area is 104 Å². The maximum atomic E-state index is 11.7. The van der Waals surface area contributed by atoms with Crippen LogP contribution in [0, 0.1) is 11.3 Å². The second-order valence-electron chi connectivity index (χ2n) is 4.00. The zero-order valence-corrected chi connectivity index (χ0v) is 10.5. The molecule has 0 aliphatic heterocycles. The second kappa shape index (κ2) is 4.56. The van der Waals surface area contributed by atoms with Gasteiger partial charge in [0.2, 0.25) is 0 Å². The predicted octanol–water partition coefficient (Wildman–Crippen LogP) is 3.03. The van der Waals surface area contributed by atoms with E-state index >= 15 is 0 Å². The lowest BCUT2D eigenvalue weighted by molar-refractivity contribution is 0.655. The van der Waals surface area contributed by atoms with E-state index in [0.717, 1.165) is 22.8 Å². The van der Waals surface area contributed by atoms with Crippen molar-refractivity contribution in [2.24, 2.45) is 0 Å². The van der Waals surface area contributed by atoms with Gasteiger partial charge in [-0.25, -0.2) is 0 Å². The summed E-state index contributed by atoms with van der Waals surface area (Å²) in [6.07, 6.45) is 0. The molecule has 0 fully saturated rings.